The van der Waals surface area contributed by atoms with E-state index >= 15 is 0 Å². The Kier molecular flexibility index (Phi) is 4.90. The van der Waals surface area contributed by atoms with Crippen LogP contribution in [0, 0.1) is 0 Å². The van der Waals surface area contributed by atoms with Gasteiger partial charge in [-0.15, -0.1) is 0 Å². The van der Waals surface area contributed by atoms with E-state index in [0.717, 1.165) is 22.1 Å². The van der Waals surface area contributed by atoms with E-state index in [1.807, 2.05) is 43.3 Å². The van der Waals surface area contributed by atoms with Crippen molar-refractivity contribution in [1.82, 2.24) is 10.2 Å². The van der Waals surface area contributed by atoms with E-state index in [9.17, 15) is 4.79 Å². The molecule has 0 aliphatic rings. The van der Waals surface area contributed by atoms with Gasteiger partial charge in [-0.25, -0.2) is 5.10 Å². The standard InChI is InChI=1S/C17H15BrN4O2/c1-2-24-15-8-7-11-5-3-4-6-12(11)13(15)9-19-21-14-10-20-22-17(23)16(14)18/h3-10H,2H2,1H3,(H2,21,22,23)/b19-9-. The van der Waals surface area contributed by atoms with Crippen LogP contribution in [0.2, 0.25) is 0 Å². The van der Waals surface area contributed by atoms with Crippen LogP contribution < -0.4 is 15.7 Å². The Labute approximate surface area is 146 Å². The van der Waals surface area contributed by atoms with Gasteiger partial charge in [-0.2, -0.15) is 10.2 Å². The van der Waals surface area contributed by atoms with Crippen molar-refractivity contribution >= 4 is 38.6 Å². The number of aromatic amines is 1. The fourth-order valence-electron chi connectivity index (χ4n) is 2.32. The topological polar surface area (TPSA) is 79.4 Å². The average Bonchev–Trinajstić information content (AvgIpc) is 2.60. The van der Waals surface area contributed by atoms with Crippen LogP contribution in [-0.2, 0) is 0 Å². The van der Waals surface area contributed by atoms with Crippen molar-refractivity contribution in [2.24, 2.45) is 5.10 Å². The summed E-state index contributed by atoms with van der Waals surface area (Å²) in [6, 6.07) is 12.0. The molecule has 0 aliphatic heterocycles. The Balaban J connectivity index is 1.97. The van der Waals surface area contributed by atoms with Gasteiger partial charge < -0.3 is 4.74 Å². The highest BCUT2D eigenvalue weighted by molar-refractivity contribution is 9.10. The van der Waals surface area contributed by atoms with E-state index in [0.29, 0.717) is 16.8 Å². The molecule has 0 unspecified atom stereocenters. The molecule has 0 radical (unpaired) electrons. The second-order valence-electron chi connectivity index (χ2n) is 4.93. The first-order valence-corrected chi connectivity index (χ1v) is 8.17. The molecule has 0 aliphatic carbocycles. The van der Waals surface area contributed by atoms with Gasteiger partial charge in [-0.3, -0.25) is 10.2 Å². The molecule has 0 amide bonds. The van der Waals surface area contributed by atoms with E-state index in [-0.39, 0.29) is 5.56 Å². The Hall–Kier alpha value is -2.67. The van der Waals surface area contributed by atoms with Gasteiger partial charge in [-0.1, -0.05) is 30.3 Å². The summed E-state index contributed by atoms with van der Waals surface area (Å²) in [7, 11) is 0. The third kappa shape index (κ3) is 3.30. The third-order valence-corrected chi connectivity index (χ3v) is 4.19. The molecule has 0 saturated carbocycles. The lowest BCUT2D eigenvalue weighted by Gasteiger charge is -2.10. The maximum absolute atomic E-state index is 11.5. The summed E-state index contributed by atoms with van der Waals surface area (Å²) in [4.78, 5) is 11.5. The summed E-state index contributed by atoms with van der Waals surface area (Å²) >= 11 is 3.20. The molecule has 0 fully saturated rings. The number of rotatable bonds is 5. The van der Waals surface area contributed by atoms with E-state index < -0.39 is 0 Å². The van der Waals surface area contributed by atoms with Gasteiger partial charge in [0.15, 0.2) is 0 Å². The van der Waals surface area contributed by atoms with Crippen LogP contribution >= 0.6 is 15.9 Å². The largest absolute Gasteiger partial charge is 0.493 e. The molecule has 0 atom stereocenters. The lowest BCUT2D eigenvalue weighted by molar-refractivity contribution is 0.340. The van der Waals surface area contributed by atoms with Gasteiger partial charge in [0.25, 0.3) is 5.56 Å². The lowest BCUT2D eigenvalue weighted by Crippen LogP contribution is -2.10. The van der Waals surface area contributed by atoms with E-state index in [4.69, 9.17) is 4.74 Å². The number of aromatic nitrogens is 2. The molecule has 7 heteroatoms. The van der Waals surface area contributed by atoms with Crippen molar-refractivity contribution in [3.63, 3.8) is 0 Å². The molecule has 2 aromatic carbocycles. The Morgan fingerprint density at radius 2 is 2.17 bits per heavy atom. The van der Waals surface area contributed by atoms with Crippen molar-refractivity contribution < 1.29 is 4.74 Å². The van der Waals surface area contributed by atoms with Crippen molar-refractivity contribution in [2.45, 2.75) is 6.92 Å². The smallest absolute Gasteiger partial charge is 0.280 e. The number of benzene rings is 2. The highest BCUT2D eigenvalue weighted by atomic mass is 79.9. The highest BCUT2D eigenvalue weighted by Gasteiger charge is 2.07. The molecule has 3 rings (SSSR count). The maximum Gasteiger partial charge on any atom is 0.280 e. The predicted molar refractivity (Wildman–Crippen MR) is 98.9 cm³/mol. The molecule has 3 aromatic rings. The molecule has 0 saturated heterocycles. The van der Waals surface area contributed by atoms with Crippen LogP contribution in [0.5, 0.6) is 5.75 Å². The zero-order chi connectivity index (χ0) is 16.9. The van der Waals surface area contributed by atoms with E-state index in [2.05, 4.69) is 36.7 Å². The molecular formula is C17H15BrN4O2. The highest BCUT2D eigenvalue weighted by Crippen LogP contribution is 2.27. The molecule has 1 heterocycles. The average molecular weight is 387 g/mol. The number of fused-ring (bicyclic) bond motifs is 1. The van der Waals surface area contributed by atoms with Crippen LogP contribution in [0.25, 0.3) is 10.8 Å². The quantitative estimate of drug-likeness (QED) is 0.519. The number of anilines is 1. The Morgan fingerprint density at radius 1 is 1.33 bits per heavy atom. The first-order chi connectivity index (χ1) is 11.7. The van der Waals surface area contributed by atoms with Crippen LogP contribution in [0.1, 0.15) is 12.5 Å². The maximum atomic E-state index is 11.5. The Morgan fingerprint density at radius 3 is 3.00 bits per heavy atom. The molecule has 2 N–H and O–H groups in total. The number of hydrogen-bond donors (Lipinski definition) is 2. The van der Waals surface area contributed by atoms with Crippen molar-refractivity contribution in [2.75, 3.05) is 12.0 Å². The zero-order valence-electron chi connectivity index (χ0n) is 12.9. The second-order valence-corrected chi connectivity index (χ2v) is 5.72. The monoisotopic (exact) mass is 386 g/mol. The van der Waals surface area contributed by atoms with Crippen LogP contribution in [0.4, 0.5) is 5.69 Å². The first kappa shape index (κ1) is 16.2. The number of hydrazone groups is 1. The fraction of sp³-hybridized carbons (Fsp3) is 0.118. The first-order valence-electron chi connectivity index (χ1n) is 7.37. The minimum atomic E-state index is -0.324. The molecule has 0 spiro atoms. The van der Waals surface area contributed by atoms with Crippen molar-refractivity contribution in [1.29, 1.82) is 0 Å². The van der Waals surface area contributed by atoms with Crippen molar-refractivity contribution in [3.8, 4) is 5.75 Å². The molecule has 122 valence electrons. The summed E-state index contributed by atoms with van der Waals surface area (Å²) in [6.07, 6.45) is 3.16. The van der Waals surface area contributed by atoms with Gasteiger partial charge in [0.05, 0.1) is 24.7 Å². The van der Waals surface area contributed by atoms with Gasteiger partial charge in [0.2, 0.25) is 0 Å². The number of H-pyrrole nitrogens is 1. The molecule has 1 aromatic heterocycles. The van der Waals surface area contributed by atoms with Gasteiger partial charge in [0, 0.05) is 5.56 Å². The van der Waals surface area contributed by atoms with Gasteiger partial charge in [-0.05, 0) is 39.7 Å². The summed E-state index contributed by atoms with van der Waals surface area (Å²) in [5.74, 6) is 0.754. The summed E-state index contributed by atoms with van der Waals surface area (Å²) in [6.45, 7) is 2.50. The minimum Gasteiger partial charge on any atom is -0.493 e. The number of ether oxygens (including phenoxy) is 1. The summed E-state index contributed by atoms with van der Waals surface area (Å²) in [5.41, 5.74) is 3.85. The summed E-state index contributed by atoms with van der Waals surface area (Å²) < 4.78 is 6.04. The van der Waals surface area contributed by atoms with E-state index in [1.165, 1.54) is 6.20 Å². The van der Waals surface area contributed by atoms with Crippen molar-refractivity contribution in [3.05, 3.63) is 63.0 Å². The van der Waals surface area contributed by atoms with Gasteiger partial charge >= 0.3 is 0 Å². The molecule has 24 heavy (non-hydrogen) atoms. The number of nitrogens with one attached hydrogen (secondary N) is 2. The summed E-state index contributed by atoms with van der Waals surface area (Å²) in [5, 5.41) is 12.4. The SMILES string of the molecule is CCOc1ccc2ccccc2c1/C=N\Nc1cn[nH]c(=O)c1Br. The number of nitrogens with zero attached hydrogens (tertiary/aromatic N) is 2. The predicted octanol–water partition coefficient (Wildman–Crippen LogP) is 3.53. The zero-order valence-corrected chi connectivity index (χ0v) is 14.5. The van der Waals surface area contributed by atoms with Crippen LogP contribution in [0.15, 0.2) is 57.0 Å². The lowest BCUT2D eigenvalue weighted by atomic mass is 10.0. The van der Waals surface area contributed by atoms with Crippen LogP contribution in [0.3, 0.4) is 0 Å². The minimum absolute atomic E-state index is 0.324. The molecule has 0 bridgehead atoms. The third-order valence-electron chi connectivity index (χ3n) is 3.40. The molecular weight excluding hydrogens is 372 g/mol. The normalized spacial score (nSPS) is 11.1. The van der Waals surface area contributed by atoms with Gasteiger partial charge in [0.1, 0.15) is 10.2 Å². The number of hydrogen-bond acceptors (Lipinski definition) is 5. The fourth-order valence-corrected chi connectivity index (χ4v) is 2.60. The van der Waals surface area contributed by atoms with Crippen LogP contribution in [-0.4, -0.2) is 23.0 Å². The van der Waals surface area contributed by atoms with E-state index in [1.54, 1.807) is 6.21 Å². The second kappa shape index (κ2) is 7.27. The Bertz CT molecular complexity index is 953. The molecule has 6 nitrogen and oxygen atoms in total. The number of halogens is 1.